The molecule has 0 atom stereocenters. The van der Waals surface area contributed by atoms with Crippen molar-refractivity contribution in [2.45, 2.75) is 25.2 Å². The van der Waals surface area contributed by atoms with Crippen LogP contribution in [0.2, 0.25) is 0 Å². The molecule has 0 bridgehead atoms. The summed E-state index contributed by atoms with van der Waals surface area (Å²) in [6.07, 6.45) is 4.43. The molecular formula is C13H13NO2. The molecule has 0 amide bonds. The molecular weight excluding hydrogens is 202 g/mol. The molecule has 1 aromatic heterocycles. The number of carbonyl (C=O) groups is 1. The number of carboxylic acid groups (broad SMARTS) is 1. The normalized spacial score (nSPS) is 15.5. The maximum atomic E-state index is 10.7. The monoisotopic (exact) mass is 215 g/mol. The lowest BCUT2D eigenvalue weighted by Gasteiger charge is -1.99. The molecule has 0 saturated heterocycles. The molecule has 1 fully saturated rings. The van der Waals surface area contributed by atoms with Crippen molar-refractivity contribution in [1.29, 1.82) is 0 Å². The third kappa shape index (κ3) is 1.58. The van der Waals surface area contributed by atoms with Crippen LogP contribution < -0.4 is 0 Å². The molecule has 3 nitrogen and oxygen atoms in total. The van der Waals surface area contributed by atoms with Gasteiger partial charge in [0, 0.05) is 17.1 Å². The summed E-state index contributed by atoms with van der Waals surface area (Å²) in [4.78, 5) is 13.8. The molecule has 3 heteroatoms. The lowest BCUT2D eigenvalue weighted by molar-refractivity contribution is -0.136. The number of aromatic nitrogens is 1. The number of nitrogens with one attached hydrogen (secondary N) is 1. The second-order valence-corrected chi connectivity index (χ2v) is 4.46. The van der Waals surface area contributed by atoms with Crippen molar-refractivity contribution in [3.8, 4) is 0 Å². The van der Waals surface area contributed by atoms with Gasteiger partial charge in [-0.05, 0) is 42.0 Å². The minimum absolute atomic E-state index is 0.0914. The van der Waals surface area contributed by atoms with E-state index in [0.717, 1.165) is 16.5 Å². The molecule has 0 radical (unpaired) electrons. The molecule has 1 saturated carbocycles. The number of hydrogen-bond donors (Lipinski definition) is 2. The van der Waals surface area contributed by atoms with Crippen LogP contribution >= 0.6 is 0 Å². The fourth-order valence-corrected chi connectivity index (χ4v) is 2.18. The second-order valence-electron chi connectivity index (χ2n) is 4.46. The maximum Gasteiger partial charge on any atom is 0.307 e. The van der Waals surface area contributed by atoms with Crippen molar-refractivity contribution in [3.05, 3.63) is 35.5 Å². The second kappa shape index (κ2) is 3.37. The molecule has 82 valence electrons. The number of fused-ring (bicyclic) bond motifs is 1. The van der Waals surface area contributed by atoms with Crippen LogP contribution in [0.25, 0.3) is 10.9 Å². The Morgan fingerprint density at radius 3 is 2.94 bits per heavy atom. The highest BCUT2D eigenvalue weighted by molar-refractivity contribution is 5.87. The summed E-state index contributed by atoms with van der Waals surface area (Å²) in [6, 6.07) is 6.33. The zero-order valence-corrected chi connectivity index (χ0v) is 8.86. The van der Waals surface area contributed by atoms with Gasteiger partial charge in [-0.3, -0.25) is 4.79 Å². The van der Waals surface area contributed by atoms with Gasteiger partial charge < -0.3 is 10.1 Å². The third-order valence-electron chi connectivity index (χ3n) is 3.18. The van der Waals surface area contributed by atoms with E-state index in [1.807, 2.05) is 6.07 Å². The summed E-state index contributed by atoms with van der Waals surface area (Å²) < 4.78 is 0. The number of H-pyrrole nitrogens is 1. The number of aromatic amines is 1. The van der Waals surface area contributed by atoms with Gasteiger partial charge in [0.25, 0.3) is 0 Å². The molecule has 1 aromatic carbocycles. The van der Waals surface area contributed by atoms with Gasteiger partial charge in [0.05, 0.1) is 6.42 Å². The Kier molecular flexibility index (Phi) is 1.99. The van der Waals surface area contributed by atoms with Gasteiger partial charge in [-0.25, -0.2) is 0 Å². The van der Waals surface area contributed by atoms with Crippen molar-refractivity contribution in [2.75, 3.05) is 0 Å². The van der Waals surface area contributed by atoms with Crippen molar-refractivity contribution in [2.24, 2.45) is 0 Å². The van der Waals surface area contributed by atoms with Crippen LogP contribution in [0.5, 0.6) is 0 Å². The summed E-state index contributed by atoms with van der Waals surface area (Å²) in [6.45, 7) is 0. The molecule has 3 rings (SSSR count). The van der Waals surface area contributed by atoms with Crippen molar-refractivity contribution < 1.29 is 9.90 Å². The van der Waals surface area contributed by atoms with E-state index in [9.17, 15) is 4.79 Å². The summed E-state index contributed by atoms with van der Waals surface area (Å²) >= 11 is 0. The average Bonchev–Trinajstić information content (AvgIpc) is 3.03. The molecule has 1 aliphatic carbocycles. The summed E-state index contributed by atoms with van der Waals surface area (Å²) in [5.74, 6) is -0.0743. The lowest BCUT2D eigenvalue weighted by Crippen LogP contribution is -1.98. The van der Waals surface area contributed by atoms with Crippen LogP contribution in [0, 0.1) is 0 Å². The first-order valence-corrected chi connectivity index (χ1v) is 5.56. The fourth-order valence-electron chi connectivity index (χ4n) is 2.18. The summed E-state index contributed by atoms with van der Waals surface area (Å²) in [5.41, 5.74) is 3.25. The van der Waals surface area contributed by atoms with Gasteiger partial charge in [-0.1, -0.05) is 6.07 Å². The van der Waals surface area contributed by atoms with Gasteiger partial charge in [-0.15, -0.1) is 0 Å². The minimum atomic E-state index is -0.780. The third-order valence-corrected chi connectivity index (χ3v) is 3.18. The molecule has 0 aliphatic heterocycles. The summed E-state index contributed by atoms with van der Waals surface area (Å²) in [5, 5.41) is 9.88. The minimum Gasteiger partial charge on any atom is -0.481 e. The Hall–Kier alpha value is -1.77. The first-order chi connectivity index (χ1) is 7.74. The first-order valence-electron chi connectivity index (χ1n) is 5.56. The smallest absolute Gasteiger partial charge is 0.307 e. The molecule has 1 aliphatic rings. The van der Waals surface area contributed by atoms with E-state index in [-0.39, 0.29) is 6.42 Å². The predicted octanol–water partition coefficient (Wildman–Crippen LogP) is 2.67. The van der Waals surface area contributed by atoms with Gasteiger partial charge in [-0.2, -0.15) is 0 Å². The average molecular weight is 215 g/mol. The summed E-state index contributed by atoms with van der Waals surface area (Å²) in [7, 11) is 0. The van der Waals surface area contributed by atoms with E-state index in [2.05, 4.69) is 17.1 Å². The molecule has 2 N–H and O–H groups in total. The van der Waals surface area contributed by atoms with E-state index in [0.29, 0.717) is 5.92 Å². The molecule has 1 heterocycles. The fraction of sp³-hybridized carbons (Fsp3) is 0.308. The van der Waals surface area contributed by atoms with E-state index < -0.39 is 5.97 Å². The van der Waals surface area contributed by atoms with Crippen LogP contribution in [0.3, 0.4) is 0 Å². The van der Waals surface area contributed by atoms with Crippen LogP contribution in [0.15, 0.2) is 24.4 Å². The van der Waals surface area contributed by atoms with Crippen LogP contribution in [-0.2, 0) is 11.2 Å². The number of aliphatic carboxylic acids is 1. The van der Waals surface area contributed by atoms with E-state index in [1.54, 1.807) is 6.20 Å². The predicted molar refractivity (Wildman–Crippen MR) is 61.6 cm³/mol. The van der Waals surface area contributed by atoms with E-state index in [4.69, 9.17) is 5.11 Å². The van der Waals surface area contributed by atoms with Crippen molar-refractivity contribution >= 4 is 16.9 Å². The SMILES string of the molecule is O=C(O)Cc1c[nH]c2ccc(C3CC3)cc12. The molecule has 16 heavy (non-hydrogen) atoms. The molecule has 0 spiro atoms. The van der Waals surface area contributed by atoms with Crippen LogP contribution in [-0.4, -0.2) is 16.1 Å². The highest BCUT2D eigenvalue weighted by atomic mass is 16.4. The highest BCUT2D eigenvalue weighted by Gasteiger charge is 2.23. The van der Waals surface area contributed by atoms with E-state index >= 15 is 0 Å². The topological polar surface area (TPSA) is 53.1 Å². The standard InChI is InChI=1S/C13H13NO2/c15-13(16)6-10-7-14-12-4-3-9(5-11(10)12)8-1-2-8/h3-5,7-8,14H,1-2,6H2,(H,15,16). The Balaban J connectivity index is 2.07. The van der Waals surface area contributed by atoms with E-state index in [1.165, 1.54) is 18.4 Å². The van der Waals surface area contributed by atoms with Gasteiger partial charge in [0.2, 0.25) is 0 Å². The Bertz CT molecular complexity index is 552. The van der Waals surface area contributed by atoms with Crippen LogP contribution in [0.1, 0.15) is 29.9 Å². The zero-order chi connectivity index (χ0) is 11.1. The zero-order valence-electron chi connectivity index (χ0n) is 8.86. The van der Waals surface area contributed by atoms with Gasteiger partial charge in [0.1, 0.15) is 0 Å². The maximum absolute atomic E-state index is 10.7. The van der Waals surface area contributed by atoms with Crippen molar-refractivity contribution in [1.82, 2.24) is 4.98 Å². The lowest BCUT2D eigenvalue weighted by atomic mass is 10.0. The largest absolute Gasteiger partial charge is 0.481 e. The highest BCUT2D eigenvalue weighted by Crippen LogP contribution is 2.41. The molecule has 2 aromatic rings. The Morgan fingerprint density at radius 2 is 2.25 bits per heavy atom. The number of benzene rings is 1. The number of hydrogen-bond acceptors (Lipinski definition) is 1. The first kappa shape index (κ1) is 9.46. The Labute approximate surface area is 93.1 Å². The van der Waals surface area contributed by atoms with Gasteiger partial charge in [0.15, 0.2) is 0 Å². The van der Waals surface area contributed by atoms with Crippen LogP contribution in [0.4, 0.5) is 0 Å². The number of carboxylic acids is 1. The number of rotatable bonds is 3. The van der Waals surface area contributed by atoms with Crippen molar-refractivity contribution in [3.63, 3.8) is 0 Å². The molecule has 0 unspecified atom stereocenters. The Morgan fingerprint density at radius 1 is 1.44 bits per heavy atom. The van der Waals surface area contributed by atoms with Gasteiger partial charge >= 0.3 is 5.97 Å². The quantitative estimate of drug-likeness (QED) is 0.827.